The topological polar surface area (TPSA) is 52.6 Å². The molecular weight excluding hydrogens is 228 g/mol. The Morgan fingerprint density at radius 1 is 1.33 bits per heavy atom. The van der Waals surface area contributed by atoms with Crippen molar-refractivity contribution < 1.29 is 9.90 Å². The SMILES string of the molecule is CN(C)CCCNC(=O)CCc1ccccc1O. The summed E-state index contributed by atoms with van der Waals surface area (Å²) in [6, 6.07) is 7.13. The Balaban J connectivity index is 2.19. The van der Waals surface area contributed by atoms with Crippen LogP contribution in [0.4, 0.5) is 0 Å². The average Bonchev–Trinajstić information content (AvgIpc) is 2.33. The maximum Gasteiger partial charge on any atom is 0.220 e. The molecule has 1 amide bonds. The van der Waals surface area contributed by atoms with Gasteiger partial charge in [-0.3, -0.25) is 4.79 Å². The van der Waals surface area contributed by atoms with Crippen molar-refractivity contribution in [3.05, 3.63) is 29.8 Å². The highest BCUT2D eigenvalue weighted by atomic mass is 16.3. The van der Waals surface area contributed by atoms with Crippen LogP contribution in [0.15, 0.2) is 24.3 Å². The van der Waals surface area contributed by atoms with Crippen molar-refractivity contribution in [3.63, 3.8) is 0 Å². The molecular formula is C14H22N2O2. The summed E-state index contributed by atoms with van der Waals surface area (Å²) in [6.45, 7) is 1.68. The average molecular weight is 250 g/mol. The molecule has 0 unspecified atom stereocenters. The molecule has 0 atom stereocenters. The largest absolute Gasteiger partial charge is 0.508 e. The van der Waals surface area contributed by atoms with Crippen molar-refractivity contribution in [2.75, 3.05) is 27.2 Å². The number of amides is 1. The molecule has 1 rings (SSSR count). The van der Waals surface area contributed by atoms with Gasteiger partial charge in [0.1, 0.15) is 5.75 Å². The van der Waals surface area contributed by atoms with Gasteiger partial charge in [-0.2, -0.15) is 0 Å². The van der Waals surface area contributed by atoms with E-state index in [0.717, 1.165) is 18.5 Å². The van der Waals surface area contributed by atoms with Crippen LogP contribution in [-0.2, 0) is 11.2 Å². The lowest BCUT2D eigenvalue weighted by Gasteiger charge is -2.10. The van der Waals surface area contributed by atoms with Gasteiger partial charge >= 0.3 is 0 Å². The molecule has 18 heavy (non-hydrogen) atoms. The first kappa shape index (κ1) is 14.5. The molecule has 0 bridgehead atoms. The number of carbonyl (C=O) groups excluding carboxylic acids is 1. The van der Waals surface area contributed by atoms with Crippen molar-refractivity contribution >= 4 is 5.91 Å². The first-order valence-electron chi connectivity index (χ1n) is 6.28. The van der Waals surface area contributed by atoms with Crippen LogP contribution >= 0.6 is 0 Å². The van der Waals surface area contributed by atoms with Crippen LogP contribution in [-0.4, -0.2) is 43.1 Å². The number of phenols is 1. The fraction of sp³-hybridized carbons (Fsp3) is 0.500. The fourth-order valence-electron chi connectivity index (χ4n) is 1.68. The molecule has 0 saturated carbocycles. The normalized spacial score (nSPS) is 10.6. The Morgan fingerprint density at radius 2 is 2.06 bits per heavy atom. The second kappa shape index (κ2) is 7.71. The van der Waals surface area contributed by atoms with Crippen LogP contribution in [0.5, 0.6) is 5.75 Å². The smallest absolute Gasteiger partial charge is 0.220 e. The van der Waals surface area contributed by atoms with E-state index in [1.165, 1.54) is 0 Å². The zero-order valence-corrected chi connectivity index (χ0v) is 11.1. The molecule has 0 aromatic heterocycles. The summed E-state index contributed by atoms with van der Waals surface area (Å²) in [5.74, 6) is 0.301. The molecule has 100 valence electrons. The minimum absolute atomic E-state index is 0.0389. The number of para-hydroxylation sites is 1. The van der Waals surface area contributed by atoms with Crippen molar-refractivity contribution in [2.24, 2.45) is 0 Å². The summed E-state index contributed by atoms with van der Waals surface area (Å²) in [4.78, 5) is 13.7. The van der Waals surface area contributed by atoms with Gasteiger partial charge < -0.3 is 15.3 Å². The number of phenolic OH excluding ortho intramolecular Hbond substituents is 1. The maximum atomic E-state index is 11.6. The third kappa shape index (κ3) is 5.68. The lowest BCUT2D eigenvalue weighted by atomic mass is 10.1. The van der Waals surface area contributed by atoms with Crippen molar-refractivity contribution in [1.29, 1.82) is 0 Å². The van der Waals surface area contributed by atoms with Gasteiger partial charge in [0.2, 0.25) is 5.91 Å². The number of nitrogens with one attached hydrogen (secondary N) is 1. The maximum absolute atomic E-state index is 11.6. The monoisotopic (exact) mass is 250 g/mol. The third-order valence-electron chi connectivity index (χ3n) is 2.72. The van der Waals surface area contributed by atoms with E-state index in [9.17, 15) is 9.90 Å². The molecule has 0 spiro atoms. The lowest BCUT2D eigenvalue weighted by molar-refractivity contribution is -0.121. The van der Waals surface area contributed by atoms with Crippen molar-refractivity contribution in [2.45, 2.75) is 19.3 Å². The number of hydrogen-bond acceptors (Lipinski definition) is 3. The summed E-state index contributed by atoms with van der Waals surface area (Å²) in [7, 11) is 4.03. The summed E-state index contributed by atoms with van der Waals surface area (Å²) < 4.78 is 0. The van der Waals surface area contributed by atoms with Gasteiger partial charge in [0.15, 0.2) is 0 Å². The number of rotatable bonds is 7. The predicted molar refractivity (Wildman–Crippen MR) is 72.6 cm³/mol. The van der Waals surface area contributed by atoms with Crippen LogP contribution in [0.3, 0.4) is 0 Å². The van der Waals surface area contributed by atoms with Crippen LogP contribution in [0.1, 0.15) is 18.4 Å². The molecule has 0 saturated heterocycles. The van der Waals surface area contributed by atoms with Crippen LogP contribution in [0.25, 0.3) is 0 Å². The molecule has 1 aromatic rings. The number of hydrogen-bond donors (Lipinski definition) is 2. The van der Waals surface area contributed by atoms with Crippen LogP contribution in [0, 0.1) is 0 Å². The van der Waals surface area contributed by atoms with Crippen LogP contribution in [0.2, 0.25) is 0 Å². The summed E-state index contributed by atoms with van der Waals surface area (Å²) in [5.41, 5.74) is 0.820. The molecule has 0 aliphatic rings. The highest BCUT2D eigenvalue weighted by Gasteiger charge is 2.04. The van der Waals surface area contributed by atoms with Gasteiger partial charge in [-0.25, -0.2) is 0 Å². The third-order valence-corrected chi connectivity index (χ3v) is 2.72. The van der Waals surface area contributed by atoms with E-state index < -0.39 is 0 Å². The molecule has 2 N–H and O–H groups in total. The van der Waals surface area contributed by atoms with E-state index in [2.05, 4.69) is 10.2 Å². The molecule has 1 aromatic carbocycles. The van der Waals surface area contributed by atoms with Gasteiger partial charge in [0.05, 0.1) is 0 Å². The second-order valence-corrected chi connectivity index (χ2v) is 4.64. The fourth-order valence-corrected chi connectivity index (χ4v) is 1.68. The minimum Gasteiger partial charge on any atom is -0.508 e. The van der Waals surface area contributed by atoms with E-state index in [4.69, 9.17) is 0 Å². The quantitative estimate of drug-likeness (QED) is 0.719. The number of aromatic hydroxyl groups is 1. The van der Waals surface area contributed by atoms with E-state index in [1.54, 1.807) is 12.1 Å². The molecule has 0 aliphatic carbocycles. The highest BCUT2D eigenvalue weighted by Crippen LogP contribution is 2.16. The Morgan fingerprint density at radius 3 is 2.72 bits per heavy atom. The van der Waals surface area contributed by atoms with Crippen molar-refractivity contribution in [3.8, 4) is 5.75 Å². The van der Waals surface area contributed by atoms with Gasteiger partial charge in [0.25, 0.3) is 0 Å². The zero-order valence-electron chi connectivity index (χ0n) is 11.1. The molecule has 4 heteroatoms. The number of carbonyl (C=O) groups is 1. The zero-order chi connectivity index (χ0) is 13.4. The predicted octanol–water partition coefficient (Wildman–Crippen LogP) is 1.39. The van der Waals surface area contributed by atoms with Crippen LogP contribution < -0.4 is 5.32 Å². The van der Waals surface area contributed by atoms with Crippen molar-refractivity contribution in [1.82, 2.24) is 10.2 Å². The van der Waals surface area contributed by atoms with Gasteiger partial charge in [0, 0.05) is 13.0 Å². The highest BCUT2D eigenvalue weighted by molar-refractivity contribution is 5.76. The molecule has 0 aliphatic heterocycles. The molecule has 4 nitrogen and oxygen atoms in total. The Labute approximate surface area is 109 Å². The molecule has 0 fully saturated rings. The first-order valence-corrected chi connectivity index (χ1v) is 6.28. The number of benzene rings is 1. The summed E-state index contributed by atoms with van der Waals surface area (Å²) in [5, 5.41) is 12.4. The number of aryl methyl sites for hydroxylation is 1. The van der Waals surface area contributed by atoms with E-state index >= 15 is 0 Å². The summed E-state index contributed by atoms with van der Waals surface area (Å²) in [6.07, 6.45) is 1.95. The Hall–Kier alpha value is -1.55. The lowest BCUT2D eigenvalue weighted by Crippen LogP contribution is -2.27. The van der Waals surface area contributed by atoms with Gasteiger partial charge in [-0.05, 0) is 45.1 Å². The second-order valence-electron chi connectivity index (χ2n) is 4.64. The first-order chi connectivity index (χ1) is 8.59. The van der Waals surface area contributed by atoms with E-state index in [-0.39, 0.29) is 11.7 Å². The number of nitrogens with zero attached hydrogens (tertiary/aromatic N) is 1. The standard InChI is InChI=1S/C14H22N2O2/c1-16(2)11-5-10-15-14(18)9-8-12-6-3-4-7-13(12)17/h3-4,6-7,17H,5,8-11H2,1-2H3,(H,15,18). The van der Waals surface area contributed by atoms with Gasteiger partial charge in [-0.15, -0.1) is 0 Å². The molecule has 0 heterocycles. The van der Waals surface area contributed by atoms with E-state index in [1.807, 2.05) is 26.2 Å². The molecule has 0 radical (unpaired) electrons. The van der Waals surface area contributed by atoms with E-state index in [0.29, 0.717) is 19.4 Å². The Kier molecular flexibility index (Phi) is 6.22. The summed E-state index contributed by atoms with van der Waals surface area (Å²) >= 11 is 0. The van der Waals surface area contributed by atoms with Gasteiger partial charge in [-0.1, -0.05) is 18.2 Å². The minimum atomic E-state index is 0.0389. The Bertz CT molecular complexity index is 378.